The second-order valence-corrected chi connectivity index (χ2v) is 8.66. The van der Waals surface area contributed by atoms with Crippen LogP contribution in [0, 0.1) is 5.92 Å². The molecule has 3 nitrogen and oxygen atoms in total. The molecule has 1 aliphatic carbocycles. The summed E-state index contributed by atoms with van der Waals surface area (Å²) in [5, 5.41) is 13.7. The lowest BCUT2D eigenvalue weighted by Gasteiger charge is -2.30. The molecular formula is C17H28N2OS. The Morgan fingerprint density at radius 3 is 2.71 bits per heavy atom. The minimum atomic E-state index is -0.0722. The summed E-state index contributed by atoms with van der Waals surface area (Å²) in [5.74, 6) is 0.495. The summed E-state index contributed by atoms with van der Waals surface area (Å²) < 4.78 is 0. The van der Waals surface area contributed by atoms with Gasteiger partial charge >= 0.3 is 0 Å². The van der Waals surface area contributed by atoms with Crippen LogP contribution in [0.15, 0.2) is 5.38 Å². The molecule has 1 aliphatic heterocycles. The van der Waals surface area contributed by atoms with Crippen LogP contribution >= 0.6 is 11.3 Å². The molecule has 4 heteroatoms. The van der Waals surface area contributed by atoms with Crippen molar-refractivity contribution in [1.29, 1.82) is 0 Å². The van der Waals surface area contributed by atoms with Crippen molar-refractivity contribution in [3.63, 3.8) is 0 Å². The first kappa shape index (κ1) is 15.4. The van der Waals surface area contributed by atoms with Crippen molar-refractivity contribution in [2.75, 3.05) is 6.54 Å². The number of rotatable bonds is 3. The first-order chi connectivity index (χ1) is 9.95. The molecule has 1 aromatic rings. The Kier molecular flexibility index (Phi) is 4.40. The normalized spacial score (nSPS) is 31.1. The quantitative estimate of drug-likeness (QED) is 0.927. The van der Waals surface area contributed by atoms with E-state index in [-0.39, 0.29) is 11.5 Å². The number of nitrogens with zero attached hydrogens (tertiary/aromatic N) is 2. The Morgan fingerprint density at radius 1 is 1.29 bits per heavy atom. The summed E-state index contributed by atoms with van der Waals surface area (Å²) in [7, 11) is 0. The first-order valence-electron chi connectivity index (χ1n) is 8.32. The van der Waals surface area contributed by atoms with Gasteiger partial charge in [-0.1, -0.05) is 27.2 Å². The van der Waals surface area contributed by atoms with Gasteiger partial charge in [0, 0.05) is 22.8 Å². The number of likely N-dealkylation sites (tertiary alicyclic amines) is 1. The van der Waals surface area contributed by atoms with Crippen LogP contribution in [0.4, 0.5) is 0 Å². The highest BCUT2D eigenvalue weighted by molar-refractivity contribution is 7.09. The highest BCUT2D eigenvalue weighted by atomic mass is 32.1. The van der Waals surface area contributed by atoms with Crippen LogP contribution in [0.1, 0.15) is 63.6 Å². The summed E-state index contributed by atoms with van der Waals surface area (Å²) in [4.78, 5) is 7.41. The van der Waals surface area contributed by atoms with E-state index in [9.17, 15) is 5.11 Å². The first-order valence-corrected chi connectivity index (χ1v) is 9.20. The molecule has 2 fully saturated rings. The van der Waals surface area contributed by atoms with Crippen LogP contribution in [0.25, 0.3) is 0 Å². The van der Waals surface area contributed by atoms with Crippen LogP contribution in [0.5, 0.6) is 0 Å². The lowest BCUT2D eigenvalue weighted by atomic mass is 9.93. The Bertz CT molecular complexity index is 479. The lowest BCUT2D eigenvalue weighted by Crippen LogP contribution is -2.38. The minimum absolute atomic E-state index is 0.0722. The number of aliphatic hydroxyl groups excluding tert-OH is 1. The molecule has 1 saturated heterocycles. The van der Waals surface area contributed by atoms with E-state index in [0.717, 1.165) is 19.5 Å². The average Bonchev–Trinajstić information content (AvgIpc) is 3.09. The maximum Gasteiger partial charge on any atom is 0.107 e. The number of aromatic nitrogens is 1. The van der Waals surface area contributed by atoms with Gasteiger partial charge in [-0.05, 0) is 32.2 Å². The van der Waals surface area contributed by atoms with Crippen LogP contribution in [-0.4, -0.2) is 33.7 Å². The van der Waals surface area contributed by atoms with Gasteiger partial charge in [0.25, 0.3) is 0 Å². The fraction of sp³-hybridized carbons (Fsp3) is 0.824. The van der Waals surface area contributed by atoms with Crippen molar-refractivity contribution in [2.45, 2.75) is 77.0 Å². The fourth-order valence-corrected chi connectivity index (χ4v) is 4.90. The maximum absolute atomic E-state index is 10.2. The molecule has 1 N–H and O–H groups in total. The van der Waals surface area contributed by atoms with E-state index in [1.54, 1.807) is 11.3 Å². The molecule has 1 aromatic heterocycles. The second kappa shape index (κ2) is 5.98. The SMILES string of the molecule is CC(C)(C)c1csc(CN2CCCC2C2CCCC2O)n1. The zero-order valence-corrected chi connectivity index (χ0v) is 14.3. The topological polar surface area (TPSA) is 36.4 Å². The Hall–Kier alpha value is -0.450. The molecule has 21 heavy (non-hydrogen) atoms. The molecule has 2 heterocycles. The number of aliphatic hydroxyl groups is 1. The minimum Gasteiger partial charge on any atom is -0.393 e. The maximum atomic E-state index is 10.2. The predicted molar refractivity (Wildman–Crippen MR) is 87.6 cm³/mol. The third-order valence-corrected chi connectivity index (χ3v) is 5.93. The molecule has 2 aliphatic rings. The van der Waals surface area contributed by atoms with Crippen molar-refractivity contribution >= 4 is 11.3 Å². The molecule has 3 unspecified atom stereocenters. The molecule has 3 rings (SSSR count). The Morgan fingerprint density at radius 2 is 2.10 bits per heavy atom. The molecule has 0 spiro atoms. The molecule has 0 bridgehead atoms. The van der Waals surface area contributed by atoms with Gasteiger partial charge in [-0.15, -0.1) is 11.3 Å². The van der Waals surface area contributed by atoms with E-state index in [2.05, 4.69) is 31.1 Å². The molecule has 0 aromatic carbocycles. The number of hydrogen-bond acceptors (Lipinski definition) is 4. The largest absolute Gasteiger partial charge is 0.393 e. The van der Waals surface area contributed by atoms with Gasteiger partial charge < -0.3 is 5.11 Å². The summed E-state index contributed by atoms with van der Waals surface area (Å²) in [6.45, 7) is 8.80. The van der Waals surface area contributed by atoms with Gasteiger partial charge in [0.15, 0.2) is 0 Å². The standard InChI is InChI=1S/C17H28N2OS/c1-17(2,3)15-11-21-16(18-15)10-19-9-5-7-13(19)12-6-4-8-14(12)20/h11-14,20H,4-10H2,1-3H3. The summed E-state index contributed by atoms with van der Waals surface area (Å²) in [6.07, 6.45) is 5.84. The summed E-state index contributed by atoms with van der Waals surface area (Å²) in [6, 6.07) is 0.574. The number of hydrogen-bond donors (Lipinski definition) is 1. The van der Waals surface area contributed by atoms with Gasteiger partial charge in [0.05, 0.1) is 18.3 Å². The van der Waals surface area contributed by atoms with Crippen molar-refractivity contribution < 1.29 is 5.11 Å². The van der Waals surface area contributed by atoms with Crippen LogP contribution in [-0.2, 0) is 12.0 Å². The monoisotopic (exact) mass is 308 g/mol. The molecule has 3 atom stereocenters. The summed E-state index contributed by atoms with van der Waals surface area (Å²) in [5.41, 5.74) is 1.35. The molecule has 1 saturated carbocycles. The number of thiazole rings is 1. The molecule has 0 radical (unpaired) electrons. The smallest absolute Gasteiger partial charge is 0.107 e. The van der Waals surface area contributed by atoms with Gasteiger partial charge in [-0.3, -0.25) is 4.90 Å². The zero-order chi connectivity index (χ0) is 15.0. The van der Waals surface area contributed by atoms with Crippen LogP contribution in [0.3, 0.4) is 0 Å². The van der Waals surface area contributed by atoms with Gasteiger partial charge in [0.2, 0.25) is 0 Å². The van der Waals surface area contributed by atoms with E-state index in [4.69, 9.17) is 4.98 Å². The van der Waals surface area contributed by atoms with Crippen molar-refractivity contribution in [1.82, 2.24) is 9.88 Å². The molecule has 118 valence electrons. The highest BCUT2D eigenvalue weighted by Gasteiger charge is 2.38. The van der Waals surface area contributed by atoms with Gasteiger partial charge in [0.1, 0.15) is 5.01 Å². The highest BCUT2D eigenvalue weighted by Crippen LogP contribution is 2.36. The van der Waals surface area contributed by atoms with Crippen molar-refractivity contribution in [3.8, 4) is 0 Å². The summed E-state index contributed by atoms with van der Waals surface area (Å²) >= 11 is 1.79. The van der Waals surface area contributed by atoms with Gasteiger partial charge in [-0.2, -0.15) is 0 Å². The third kappa shape index (κ3) is 3.33. The van der Waals surface area contributed by atoms with E-state index >= 15 is 0 Å². The van der Waals surface area contributed by atoms with Crippen LogP contribution in [0.2, 0.25) is 0 Å². The Labute approximate surface area is 132 Å². The van der Waals surface area contributed by atoms with E-state index < -0.39 is 0 Å². The fourth-order valence-electron chi connectivity index (χ4n) is 3.85. The second-order valence-electron chi connectivity index (χ2n) is 7.72. The third-order valence-electron chi connectivity index (χ3n) is 5.10. The van der Waals surface area contributed by atoms with E-state index in [1.807, 2.05) is 0 Å². The predicted octanol–water partition coefficient (Wildman–Crippen LogP) is 3.57. The zero-order valence-electron chi connectivity index (χ0n) is 13.5. The van der Waals surface area contributed by atoms with Crippen LogP contribution < -0.4 is 0 Å². The van der Waals surface area contributed by atoms with Crippen molar-refractivity contribution in [3.05, 3.63) is 16.1 Å². The van der Waals surface area contributed by atoms with Crippen molar-refractivity contribution in [2.24, 2.45) is 5.92 Å². The lowest BCUT2D eigenvalue weighted by molar-refractivity contribution is 0.0718. The average molecular weight is 308 g/mol. The molecular weight excluding hydrogens is 280 g/mol. The Balaban J connectivity index is 1.67. The van der Waals surface area contributed by atoms with E-state index in [1.165, 1.54) is 36.4 Å². The molecule has 0 amide bonds. The van der Waals surface area contributed by atoms with E-state index in [0.29, 0.717) is 12.0 Å². The van der Waals surface area contributed by atoms with Gasteiger partial charge in [-0.25, -0.2) is 4.98 Å².